The molecule has 0 aliphatic carbocycles. The molecule has 2 aliphatic heterocycles. The van der Waals surface area contributed by atoms with Gasteiger partial charge in [-0.25, -0.2) is 4.98 Å². The van der Waals surface area contributed by atoms with E-state index in [4.69, 9.17) is 4.74 Å². The lowest BCUT2D eigenvalue weighted by Gasteiger charge is -2.40. The van der Waals surface area contributed by atoms with Crippen LogP contribution in [-0.4, -0.2) is 60.3 Å². The van der Waals surface area contributed by atoms with E-state index >= 15 is 0 Å². The van der Waals surface area contributed by atoms with Gasteiger partial charge in [0.25, 0.3) is 0 Å². The number of anilines is 1. The molecule has 98 valence electrons. The standard InChI is InChI=1S/C13H20N4O/c1-9-18-10-2-12(1)16-5-7-17(8-6-16)13-11-14-3-4-15-13/h3-4,11-12H,1-2,5-10H2. The van der Waals surface area contributed by atoms with Gasteiger partial charge in [0.05, 0.1) is 6.20 Å². The molecule has 1 aromatic rings. The summed E-state index contributed by atoms with van der Waals surface area (Å²) >= 11 is 0. The van der Waals surface area contributed by atoms with Crippen LogP contribution in [0.15, 0.2) is 18.6 Å². The van der Waals surface area contributed by atoms with Crippen molar-refractivity contribution in [2.75, 3.05) is 44.3 Å². The number of rotatable bonds is 2. The molecule has 18 heavy (non-hydrogen) atoms. The van der Waals surface area contributed by atoms with Crippen molar-refractivity contribution >= 4 is 5.82 Å². The Kier molecular flexibility index (Phi) is 3.71. The van der Waals surface area contributed by atoms with Crippen molar-refractivity contribution in [1.82, 2.24) is 14.9 Å². The van der Waals surface area contributed by atoms with Gasteiger partial charge < -0.3 is 9.64 Å². The summed E-state index contributed by atoms with van der Waals surface area (Å²) in [7, 11) is 0. The maximum Gasteiger partial charge on any atom is 0.147 e. The summed E-state index contributed by atoms with van der Waals surface area (Å²) in [6, 6.07) is 0.725. The minimum atomic E-state index is 0.725. The van der Waals surface area contributed by atoms with Crippen molar-refractivity contribution in [3.8, 4) is 0 Å². The first-order valence-corrected chi connectivity index (χ1v) is 6.76. The molecular weight excluding hydrogens is 228 g/mol. The van der Waals surface area contributed by atoms with E-state index in [1.807, 2.05) is 6.20 Å². The van der Waals surface area contributed by atoms with Crippen LogP contribution in [0.25, 0.3) is 0 Å². The fraction of sp³-hybridized carbons (Fsp3) is 0.692. The number of aromatic nitrogens is 2. The molecule has 0 unspecified atom stereocenters. The van der Waals surface area contributed by atoms with Gasteiger partial charge in [0.15, 0.2) is 0 Å². The average molecular weight is 248 g/mol. The van der Waals surface area contributed by atoms with E-state index in [2.05, 4.69) is 19.8 Å². The highest BCUT2D eigenvalue weighted by Gasteiger charge is 2.25. The molecule has 0 atom stereocenters. The molecule has 2 fully saturated rings. The summed E-state index contributed by atoms with van der Waals surface area (Å²) in [5.41, 5.74) is 0. The summed E-state index contributed by atoms with van der Waals surface area (Å²) in [6.07, 6.45) is 7.71. The molecular formula is C13H20N4O. The van der Waals surface area contributed by atoms with E-state index in [9.17, 15) is 0 Å². The van der Waals surface area contributed by atoms with Gasteiger partial charge in [0.1, 0.15) is 5.82 Å². The van der Waals surface area contributed by atoms with E-state index in [0.29, 0.717) is 0 Å². The average Bonchev–Trinajstić information content (AvgIpc) is 2.49. The fourth-order valence-electron chi connectivity index (χ4n) is 2.82. The second-order valence-corrected chi connectivity index (χ2v) is 4.93. The Hall–Kier alpha value is -1.20. The van der Waals surface area contributed by atoms with E-state index in [1.165, 1.54) is 12.8 Å². The largest absolute Gasteiger partial charge is 0.381 e. The number of nitrogens with zero attached hydrogens (tertiary/aromatic N) is 4. The van der Waals surface area contributed by atoms with Crippen LogP contribution in [0.5, 0.6) is 0 Å². The Morgan fingerprint density at radius 1 is 1.06 bits per heavy atom. The Labute approximate surface area is 108 Å². The lowest BCUT2D eigenvalue weighted by Crippen LogP contribution is -2.51. The predicted octanol–water partition coefficient (Wildman–Crippen LogP) is 0.778. The Balaban J connectivity index is 1.54. The molecule has 0 aromatic carbocycles. The van der Waals surface area contributed by atoms with Crippen LogP contribution < -0.4 is 4.90 Å². The van der Waals surface area contributed by atoms with Crippen molar-refractivity contribution in [2.24, 2.45) is 0 Å². The fourth-order valence-corrected chi connectivity index (χ4v) is 2.82. The molecule has 2 saturated heterocycles. The highest BCUT2D eigenvalue weighted by atomic mass is 16.5. The van der Waals surface area contributed by atoms with Gasteiger partial charge in [-0.1, -0.05) is 0 Å². The van der Waals surface area contributed by atoms with Crippen LogP contribution in [0.4, 0.5) is 5.82 Å². The third-order valence-electron chi connectivity index (χ3n) is 3.90. The quantitative estimate of drug-likeness (QED) is 0.773. The lowest BCUT2D eigenvalue weighted by atomic mass is 10.1. The number of hydrogen-bond acceptors (Lipinski definition) is 5. The zero-order chi connectivity index (χ0) is 12.2. The zero-order valence-corrected chi connectivity index (χ0v) is 10.7. The first kappa shape index (κ1) is 11.9. The molecule has 0 bridgehead atoms. The number of hydrogen-bond donors (Lipinski definition) is 0. The molecule has 0 spiro atoms. The van der Waals surface area contributed by atoms with Gasteiger partial charge >= 0.3 is 0 Å². The van der Waals surface area contributed by atoms with Crippen molar-refractivity contribution < 1.29 is 4.74 Å². The van der Waals surface area contributed by atoms with Crippen molar-refractivity contribution in [3.63, 3.8) is 0 Å². The SMILES string of the molecule is c1cnc(N2CCN(C3CCOCC3)CC2)cn1. The molecule has 0 amide bonds. The summed E-state index contributed by atoms with van der Waals surface area (Å²) in [5.74, 6) is 1.00. The molecule has 0 radical (unpaired) electrons. The molecule has 5 nitrogen and oxygen atoms in total. The minimum Gasteiger partial charge on any atom is -0.381 e. The maximum atomic E-state index is 5.43. The van der Waals surface area contributed by atoms with Gasteiger partial charge in [0, 0.05) is 57.8 Å². The molecule has 3 rings (SSSR count). The molecule has 2 aliphatic rings. The maximum absolute atomic E-state index is 5.43. The monoisotopic (exact) mass is 248 g/mol. The van der Waals surface area contributed by atoms with Gasteiger partial charge in [-0.3, -0.25) is 9.88 Å². The van der Waals surface area contributed by atoms with Crippen LogP contribution in [0.1, 0.15) is 12.8 Å². The van der Waals surface area contributed by atoms with Gasteiger partial charge in [-0.05, 0) is 12.8 Å². The summed E-state index contributed by atoms with van der Waals surface area (Å²) < 4.78 is 5.43. The van der Waals surface area contributed by atoms with Gasteiger partial charge in [-0.15, -0.1) is 0 Å². The number of piperazine rings is 1. The zero-order valence-electron chi connectivity index (χ0n) is 10.7. The third kappa shape index (κ3) is 2.62. The molecule has 3 heterocycles. The predicted molar refractivity (Wildman–Crippen MR) is 69.7 cm³/mol. The van der Waals surface area contributed by atoms with Crippen LogP contribution in [-0.2, 0) is 4.74 Å². The topological polar surface area (TPSA) is 41.5 Å². The first-order valence-electron chi connectivity index (χ1n) is 6.76. The van der Waals surface area contributed by atoms with E-state index in [1.54, 1.807) is 12.4 Å². The van der Waals surface area contributed by atoms with Crippen LogP contribution in [0.3, 0.4) is 0 Å². The van der Waals surface area contributed by atoms with Crippen molar-refractivity contribution in [2.45, 2.75) is 18.9 Å². The molecule has 0 saturated carbocycles. The second kappa shape index (κ2) is 5.63. The van der Waals surface area contributed by atoms with E-state index in [-0.39, 0.29) is 0 Å². The normalized spacial score (nSPS) is 23.2. The van der Waals surface area contributed by atoms with E-state index < -0.39 is 0 Å². The Morgan fingerprint density at radius 3 is 2.50 bits per heavy atom. The van der Waals surface area contributed by atoms with E-state index in [0.717, 1.165) is 51.3 Å². The van der Waals surface area contributed by atoms with Crippen LogP contribution in [0.2, 0.25) is 0 Å². The summed E-state index contributed by atoms with van der Waals surface area (Å²) in [6.45, 7) is 6.21. The van der Waals surface area contributed by atoms with Gasteiger partial charge in [0.2, 0.25) is 0 Å². The Morgan fingerprint density at radius 2 is 1.83 bits per heavy atom. The van der Waals surface area contributed by atoms with Crippen LogP contribution >= 0.6 is 0 Å². The summed E-state index contributed by atoms with van der Waals surface area (Å²) in [4.78, 5) is 13.4. The van der Waals surface area contributed by atoms with Crippen molar-refractivity contribution in [1.29, 1.82) is 0 Å². The minimum absolute atomic E-state index is 0.725. The molecule has 0 N–H and O–H groups in total. The molecule has 1 aromatic heterocycles. The summed E-state index contributed by atoms with van der Waals surface area (Å²) in [5, 5.41) is 0. The highest BCUT2D eigenvalue weighted by molar-refractivity contribution is 5.35. The van der Waals surface area contributed by atoms with Crippen LogP contribution in [0, 0.1) is 0 Å². The van der Waals surface area contributed by atoms with Gasteiger partial charge in [-0.2, -0.15) is 0 Å². The second-order valence-electron chi connectivity index (χ2n) is 4.93. The molecule has 5 heteroatoms. The first-order chi connectivity index (χ1) is 8.93. The Bertz CT molecular complexity index is 359. The smallest absolute Gasteiger partial charge is 0.147 e. The van der Waals surface area contributed by atoms with Crippen molar-refractivity contribution in [3.05, 3.63) is 18.6 Å². The third-order valence-corrected chi connectivity index (χ3v) is 3.90. The number of ether oxygens (including phenoxy) is 1. The highest BCUT2D eigenvalue weighted by Crippen LogP contribution is 2.18. The lowest BCUT2D eigenvalue weighted by molar-refractivity contribution is 0.0321.